The lowest BCUT2D eigenvalue weighted by Crippen LogP contribution is -1.90. The van der Waals surface area contributed by atoms with Gasteiger partial charge in [0.25, 0.3) is 0 Å². The number of rotatable bonds is 4. The number of ether oxygens (including phenoxy) is 1. The van der Waals surface area contributed by atoms with Gasteiger partial charge in [-0.25, -0.2) is 0 Å². The lowest BCUT2D eigenvalue weighted by Gasteiger charge is -1.99. The average Bonchev–Trinajstić information content (AvgIpc) is 2.44. The summed E-state index contributed by atoms with van der Waals surface area (Å²) in [6.45, 7) is 6.16. The van der Waals surface area contributed by atoms with E-state index in [1.165, 1.54) is 11.8 Å². The van der Waals surface area contributed by atoms with Gasteiger partial charge in [-0.15, -0.1) is 11.3 Å². The van der Waals surface area contributed by atoms with Crippen LogP contribution in [0.15, 0.2) is 12.1 Å². The second-order valence-corrected chi connectivity index (χ2v) is 4.25. The monoisotopic (exact) mass is 210 g/mol. The average molecular weight is 210 g/mol. The zero-order valence-electron chi connectivity index (χ0n) is 8.66. The van der Waals surface area contributed by atoms with Crippen LogP contribution < -0.4 is 4.74 Å². The predicted molar refractivity (Wildman–Crippen MR) is 59.9 cm³/mol. The normalized spacial score (nSPS) is 10.8. The molecular weight excluding hydrogens is 196 g/mol. The maximum Gasteiger partial charge on any atom is 0.152 e. The summed E-state index contributed by atoms with van der Waals surface area (Å²) in [5.74, 6) is 0.922. The van der Waals surface area contributed by atoms with E-state index in [1.54, 1.807) is 17.4 Å². The Hall–Kier alpha value is -1.09. The molecule has 0 N–H and O–H groups in total. The maximum absolute atomic E-state index is 10.8. The van der Waals surface area contributed by atoms with E-state index >= 15 is 0 Å². The van der Waals surface area contributed by atoms with Crippen LogP contribution in [0.2, 0.25) is 0 Å². The van der Waals surface area contributed by atoms with Crippen molar-refractivity contribution in [3.8, 4) is 5.75 Å². The van der Waals surface area contributed by atoms with Crippen LogP contribution in [0.4, 0.5) is 0 Å². The minimum Gasteiger partial charge on any atom is -0.492 e. The van der Waals surface area contributed by atoms with E-state index < -0.39 is 0 Å². The third kappa shape index (κ3) is 3.00. The van der Waals surface area contributed by atoms with Gasteiger partial charge in [-0.1, -0.05) is 0 Å². The molecule has 14 heavy (non-hydrogen) atoms. The van der Waals surface area contributed by atoms with Crippen LogP contribution in [0.25, 0.3) is 6.08 Å². The van der Waals surface area contributed by atoms with Gasteiger partial charge in [0.2, 0.25) is 0 Å². The van der Waals surface area contributed by atoms with E-state index in [0.29, 0.717) is 6.61 Å². The van der Waals surface area contributed by atoms with Crippen LogP contribution in [0.5, 0.6) is 5.75 Å². The maximum atomic E-state index is 10.8. The zero-order valence-corrected chi connectivity index (χ0v) is 9.48. The number of carbonyl (C=O) groups excluding carboxylic acids is 1. The largest absolute Gasteiger partial charge is 0.492 e. The van der Waals surface area contributed by atoms with Gasteiger partial charge >= 0.3 is 0 Å². The summed E-state index contributed by atoms with van der Waals surface area (Å²) in [5.41, 5.74) is 0. The summed E-state index contributed by atoms with van der Waals surface area (Å²) in [4.78, 5) is 13.0. The van der Waals surface area contributed by atoms with Gasteiger partial charge in [0.1, 0.15) is 5.75 Å². The molecule has 0 bridgehead atoms. The fraction of sp³-hybridized carbons (Fsp3) is 0.364. The van der Waals surface area contributed by atoms with Crippen LogP contribution in [0, 0.1) is 6.92 Å². The van der Waals surface area contributed by atoms with Gasteiger partial charge in [-0.2, -0.15) is 0 Å². The van der Waals surface area contributed by atoms with Gasteiger partial charge < -0.3 is 4.74 Å². The van der Waals surface area contributed by atoms with Crippen molar-refractivity contribution in [1.29, 1.82) is 0 Å². The van der Waals surface area contributed by atoms with E-state index in [0.717, 1.165) is 10.6 Å². The Labute approximate surface area is 88.2 Å². The molecule has 0 saturated carbocycles. The number of carbonyl (C=O) groups is 1. The smallest absolute Gasteiger partial charge is 0.152 e. The highest BCUT2D eigenvalue weighted by atomic mass is 32.1. The molecule has 0 aromatic carbocycles. The van der Waals surface area contributed by atoms with E-state index in [1.807, 2.05) is 26.0 Å². The summed E-state index contributed by atoms with van der Waals surface area (Å²) in [7, 11) is 0. The highest BCUT2D eigenvalue weighted by Crippen LogP contribution is 2.30. The van der Waals surface area contributed by atoms with Crippen molar-refractivity contribution in [3.05, 3.63) is 21.9 Å². The summed E-state index contributed by atoms with van der Waals surface area (Å²) in [6.07, 6.45) is 3.37. The molecule has 0 unspecified atom stereocenters. The van der Waals surface area contributed by atoms with Crippen molar-refractivity contribution in [2.75, 3.05) is 6.61 Å². The molecule has 1 heterocycles. The lowest BCUT2D eigenvalue weighted by atomic mass is 10.3. The van der Waals surface area contributed by atoms with Crippen LogP contribution in [0.3, 0.4) is 0 Å². The molecule has 0 saturated heterocycles. The molecule has 3 heteroatoms. The summed E-state index contributed by atoms with van der Waals surface area (Å²) in [6, 6.07) is 1.99. The first-order valence-corrected chi connectivity index (χ1v) is 5.37. The van der Waals surface area contributed by atoms with Crippen molar-refractivity contribution in [2.24, 2.45) is 0 Å². The molecule has 1 rings (SSSR count). The summed E-state index contributed by atoms with van der Waals surface area (Å²) < 4.78 is 5.44. The molecule has 76 valence electrons. The second-order valence-electron chi connectivity index (χ2n) is 2.96. The lowest BCUT2D eigenvalue weighted by molar-refractivity contribution is -0.112. The Morgan fingerprint density at radius 3 is 2.93 bits per heavy atom. The van der Waals surface area contributed by atoms with Crippen LogP contribution >= 0.6 is 11.3 Å². The van der Waals surface area contributed by atoms with Crippen molar-refractivity contribution >= 4 is 23.2 Å². The molecule has 1 aromatic heterocycles. The molecule has 2 nitrogen and oxygen atoms in total. The van der Waals surface area contributed by atoms with Gasteiger partial charge in [0.15, 0.2) is 5.78 Å². The molecule has 0 amide bonds. The third-order valence-electron chi connectivity index (χ3n) is 1.62. The van der Waals surface area contributed by atoms with Gasteiger partial charge in [0.05, 0.1) is 11.5 Å². The quantitative estimate of drug-likeness (QED) is 0.714. The van der Waals surface area contributed by atoms with Crippen molar-refractivity contribution < 1.29 is 9.53 Å². The van der Waals surface area contributed by atoms with E-state index in [4.69, 9.17) is 4.74 Å². The number of thiophene rings is 1. The van der Waals surface area contributed by atoms with Crippen molar-refractivity contribution in [2.45, 2.75) is 20.8 Å². The van der Waals surface area contributed by atoms with Gasteiger partial charge in [0, 0.05) is 4.88 Å². The van der Waals surface area contributed by atoms with Crippen LogP contribution in [-0.4, -0.2) is 12.4 Å². The number of allylic oxidation sites excluding steroid dienone is 1. The predicted octanol–water partition coefficient (Wildman–Crippen LogP) is 3.06. The Bertz CT molecular complexity index is 350. The zero-order chi connectivity index (χ0) is 10.6. The molecular formula is C11H14O2S. The summed E-state index contributed by atoms with van der Waals surface area (Å²) >= 11 is 1.63. The first-order valence-electron chi connectivity index (χ1n) is 4.55. The Balaban J connectivity index is 2.89. The third-order valence-corrected chi connectivity index (χ3v) is 2.61. The minimum atomic E-state index is 0.0542. The number of aryl methyl sites for hydroxylation is 1. The Morgan fingerprint density at radius 1 is 1.64 bits per heavy atom. The molecule has 1 aromatic rings. The topological polar surface area (TPSA) is 26.3 Å². The first-order chi connectivity index (χ1) is 6.63. The van der Waals surface area contributed by atoms with E-state index in [-0.39, 0.29) is 5.78 Å². The number of ketones is 1. The van der Waals surface area contributed by atoms with Crippen molar-refractivity contribution in [1.82, 2.24) is 0 Å². The number of hydrogen-bond acceptors (Lipinski definition) is 3. The Kier molecular flexibility index (Phi) is 3.89. The molecule has 0 spiro atoms. The SMILES string of the molecule is CCOc1cc(C)sc1/C=C/C(C)=O. The highest BCUT2D eigenvalue weighted by Gasteiger charge is 2.04. The molecule has 0 aliphatic carbocycles. The molecule has 0 radical (unpaired) electrons. The minimum absolute atomic E-state index is 0.0542. The van der Waals surface area contributed by atoms with Gasteiger partial charge in [-0.3, -0.25) is 4.79 Å². The fourth-order valence-electron chi connectivity index (χ4n) is 1.09. The molecule has 0 atom stereocenters. The molecule has 0 aliphatic heterocycles. The molecule has 0 aliphatic rings. The summed E-state index contributed by atoms with van der Waals surface area (Å²) in [5, 5.41) is 0. The van der Waals surface area contributed by atoms with E-state index in [2.05, 4.69) is 0 Å². The van der Waals surface area contributed by atoms with Crippen LogP contribution in [0.1, 0.15) is 23.6 Å². The number of hydrogen-bond donors (Lipinski definition) is 0. The fourth-order valence-corrected chi connectivity index (χ4v) is 1.95. The first kappa shape index (κ1) is 11.0. The Morgan fingerprint density at radius 2 is 2.36 bits per heavy atom. The highest BCUT2D eigenvalue weighted by molar-refractivity contribution is 7.13. The molecule has 0 fully saturated rings. The van der Waals surface area contributed by atoms with Crippen LogP contribution in [-0.2, 0) is 4.79 Å². The van der Waals surface area contributed by atoms with Crippen molar-refractivity contribution in [3.63, 3.8) is 0 Å². The van der Waals surface area contributed by atoms with Gasteiger partial charge in [-0.05, 0) is 39.0 Å². The second kappa shape index (κ2) is 4.96. The van der Waals surface area contributed by atoms with E-state index in [9.17, 15) is 4.79 Å². The standard InChI is InChI=1S/C11H14O2S/c1-4-13-10-7-9(3)14-11(10)6-5-8(2)12/h5-7H,4H2,1-3H3/b6-5+.